The summed E-state index contributed by atoms with van der Waals surface area (Å²) in [5.41, 5.74) is 0.379. The maximum atomic E-state index is 11.2. The first kappa shape index (κ1) is 16.7. The van der Waals surface area contributed by atoms with Crippen LogP contribution in [-0.4, -0.2) is 70.8 Å². The summed E-state index contributed by atoms with van der Waals surface area (Å²) < 4.78 is 10.6. The van der Waals surface area contributed by atoms with Crippen LogP contribution in [0.4, 0.5) is 5.69 Å². The van der Waals surface area contributed by atoms with Crippen LogP contribution in [0.2, 0.25) is 0 Å². The molecule has 8 nitrogen and oxygen atoms in total. The number of rotatable bonds is 6. The van der Waals surface area contributed by atoms with E-state index in [1.54, 1.807) is 18.2 Å². The van der Waals surface area contributed by atoms with E-state index in [1.165, 1.54) is 13.2 Å². The first-order valence-corrected chi connectivity index (χ1v) is 6.71. The lowest BCUT2D eigenvalue weighted by Gasteiger charge is -2.31. The molecule has 4 unspecified atom stereocenters. The molecule has 0 aromatic heterocycles. The first-order chi connectivity index (χ1) is 10.4. The Morgan fingerprint density at radius 3 is 2.64 bits per heavy atom. The fraction of sp³-hybridized carbons (Fsp3) is 0.500. The van der Waals surface area contributed by atoms with Gasteiger partial charge in [-0.1, -0.05) is 12.1 Å². The minimum Gasteiger partial charge on any atom is -0.478 e. The van der Waals surface area contributed by atoms with Crippen LogP contribution < -0.4 is 5.32 Å². The molecule has 0 bridgehead atoms. The molecule has 4 atom stereocenters. The van der Waals surface area contributed by atoms with Gasteiger partial charge >= 0.3 is 5.97 Å². The number of aliphatic hydroxyl groups is 3. The number of carbonyl (C=O) groups is 1. The minimum atomic E-state index is -1.58. The monoisotopic (exact) mass is 313 g/mol. The van der Waals surface area contributed by atoms with Crippen LogP contribution >= 0.6 is 0 Å². The molecule has 1 heterocycles. The maximum absolute atomic E-state index is 11.2. The number of nitrogens with one attached hydrogen (secondary N) is 1. The van der Waals surface area contributed by atoms with Gasteiger partial charge in [0, 0.05) is 12.8 Å². The predicted octanol–water partition coefficient (Wildman–Crippen LogP) is -0.748. The largest absolute Gasteiger partial charge is 0.478 e. The van der Waals surface area contributed by atoms with Gasteiger partial charge in [-0.2, -0.15) is 0 Å². The number of aliphatic hydroxyl groups excluding tert-OH is 3. The highest BCUT2D eigenvalue weighted by molar-refractivity contribution is 5.94. The lowest BCUT2D eigenvalue weighted by molar-refractivity contribution is -0.238. The van der Waals surface area contributed by atoms with Gasteiger partial charge in [-0.05, 0) is 12.1 Å². The zero-order valence-electron chi connectivity index (χ0n) is 12.0. The quantitative estimate of drug-likeness (QED) is 0.464. The van der Waals surface area contributed by atoms with Crippen molar-refractivity contribution in [3.05, 3.63) is 29.8 Å². The number of carboxylic acid groups (broad SMARTS) is 1. The van der Waals surface area contributed by atoms with Gasteiger partial charge in [0.05, 0.1) is 18.7 Å². The standard InChI is InChI=1S/C14H19NO7/c1-21-14(12(18)11(17)10(6-16)22-14)7-15-9-5-3-2-4-8(9)13(19)20/h2-5,10-12,15-18H,6-7H2,1H3,(H,19,20). The summed E-state index contributed by atoms with van der Waals surface area (Å²) in [6.07, 6.45) is -3.67. The van der Waals surface area contributed by atoms with Crippen LogP contribution in [-0.2, 0) is 9.47 Å². The molecule has 0 aliphatic carbocycles. The van der Waals surface area contributed by atoms with Crippen molar-refractivity contribution in [1.82, 2.24) is 0 Å². The Labute approximate surface area is 126 Å². The number of hydrogen-bond acceptors (Lipinski definition) is 7. The van der Waals surface area contributed by atoms with Crippen LogP contribution in [0.1, 0.15) is 10.4 Å². The lowest BCUT2D eigenvalue weighted by Crippen LogP contribution is -2.50. The zero-order chi connectivity index (χ0) is 16.3. The van der Waals surface area contributed by atoms with E-state index >= 15 is 0 Å². The van der Waals surface area contributed by atoms with Gasteiger partial charge in [-0.15, -0.1) is 0 Å². The molecular formula is C14H19NO7. The molecule has 0 radical (unpaired) electrons. The van der Waals surface area contributed by atoms with Crippen molar-refractivity contribution >= 4 is 11.7 Å². The van der Waals surface area contributed by atoms with Gasteiger partial charge in [0.25, 0.3) is 0 Å². The third-order valence-corrected chi connectivity index (χ3v) is 3.71. The van der Waals surface area contributed by atoms with Crippen molar-refractivity contribution < 1.29 is 34.7 Å². The molecule has 0 amide bonds. The number of methoxy groups -OCH3 is 1. The Kier molecular flexibility index (Phi) is 4.99. The van der Waals surface area contributed by atoms with Gasteiger partial charge < -0.3 is 35.2 Å². The topological polar surface area (TPSA) is 128 Å². The number of para-hydroxylation sites is 1. The number of hydrogen-bond donors (Lipinski definition) is 5. The van der Waals surface area contributed by atoms with E-state index in [0.717, 1.165) is 0 Å². The average Bonchev–Trinajstić information content (AvgIpc) is 2.78. The molecule has 8 heteroatoms. The van der Waals surface area contributed by atoms with Crippen molar-refractivity contribution in [1.29, 1.82) is 0 Å². The fourth-order valence-electron chi connectivity index (χ4n) is 2.43. The molecule has 0 saturated carbocycles. The molecule has 1 aliphatic rings. The average molecular weight is 313 g/mol. The third kappa shape index (κ3) is 2.92. The van der Waals surface area contributed by atoms with Gasteiger partial charge in [-0.25, -0.2) is 4.79 Å². The summed E-state index contributed by atoms with van der Waals surface area (Å²) in [4.78, 5) is 11.2. The van der Waals surface area contributed by atoms with Gasteiger partial charge in [-0.3, -0.25) is 0 Å². The molecular weight excluding hydrogens is 294 g/mol. The van der Waals surface area contributed by atoms with E-state index in [1.807, 2.05) is 0 Å². The number of ether oxygens (including phenoxy) is 2. The van der Waals surface area contributed by atoms with Crippen LogP contribution in [0, 0.1) is 0 Å². The third-order valence-electron chi connectivity index (χ3n) is 3.71. The molecule has 1 aromatic rings. The predicted molar refractivity (Wildman–Crippen MR) is 75.6 cm³/mol. The summed E-state index contributed by atoms with van der Waals surface area (Å²) in [5, 5.41) is 41.0. The minimum absolute atomic E-state index is 0.0560. The molecule has 122 valence electrons. The van der Waals surface area contributed by atoms with E-state index < -0.39 is 36.7 Å². The maximum Gasteiger partial charge on any atom is 0.337 e. The van der Waals surface area contributed by atoms with Gasteiger partial charge in [0.15, 0.2) is 0 Å². The highest BCUT2D eigenvalue weighted by Gasteiger charge is 2.54. The highest BCUT2D eigenvalue weighted by atomic mass is 16.7. The van der Waals surface area contributed by atoms with Crippen molar-refractivity contribution in [2.75, 3.05) is 25.6 Å². The molecule has 2 rings (SSSR count). The molecule has 1 aliphatic heterocycles. The molecule has 1 saturated heterocycles. The number of aromatic carboxylic acids is 1. The van der Waals surface area contributed by atoms with Crippen LogP contribution in [0.5, 0.6) is 0 Å². The van der Waals surface area contributed by atoms with Crippen molar-refractivity contribution in [2.24, 2.45) is 0 Å². The fourth-order valence-corrected chi connectivity index (χ4v) is 2.43. The zero-order valence-corrected chi connectivity index (χ0v) is 12.0. The Morgan fingerprint density at radius 2 is 2.09 bits per heavy atom. The van der Waals surface area contributed by atoms with Crippen LogP contribution in [0.15, 0.2) is 24.3 Å². The van der Waals surface area contributed by atoms with E-state index in [0.29, 0.717) is 5.69 Å². The second-order valence-electron chi connectivity index (χ2n) is 4.99. The van der Waals surface area contributed by atoms with Crippen LogP contribution in [0.25, 0.3) is 0 Å². The SMILES string of the molecule is COC1(CNc2ccccc2C(=O)O)OC(CO)C(O)C1O. The summed E-state index contributed by atoms with van der Waals surface area (Å²) in [7, 11) is 1.29. The smallest absolute Gasteiger partial charge is 0.337 e. The molecule has 1 fully saturated rings. The number of benzene rings is 1. The molecule has 1 aromatic carbocycles. The Morgan fingerprint density at radius 1 is 1.41 bits per heavy atom. The van der Waals surface area contributed by atoms with Crippen molar-refractivity contribution in [3.8, 4) is 0 Å². The van der Waals surface area contributed by atoms with Crippen LogP contribution in [0.3, 0.4) is 0 Å². The Hall–Kier alpha value is -1.71. The summed E-state index contributed by atoms with van der Waals surface area (Å²) in [6, 6.07) is 6.24. The molecule has 5 N–H and O–H groups in total. The van der Waals surface area contributed by atoms with E-state index in [2.05, 4.69) is 5.32 Å². The molecule has 22 heavy (non-hydrogen) atoms. The highest BCUT2D eigenvalue weighted by Crippen LogP contribution is 2.32. The lowest BCUT2D eigenvalue weighted by atomic mass is 10.0. The Balaban J connectivity index is 2.17. The number of carboxylic acids is 1. The summed E-state index contributed by atoms with van der Waals surface area (Å²) in [6.45, 7) is -0.586. The normalized spacial score (nSPS) is 31.2. The Bertz CT molecular complexity index is 538. The van der Waals surface area contributed by atoms with Gasteiger partial charge in [0.2, 0.25) is 5.79 Å². The van der Waals surface area contributed by atoms with E-state index in [9.17, 15) is 15.0 Å². The van der Waals surface area contributed by atoms with Crippen molar-refractivity contribution in [3.63, 3.8) is 0 Å². The second kappa shape index (κ2) is 6.59. The summed E-state index contributed by atoms with van der Waals surface area (Å²) >= 11 is 0. The molecule has 0 spiro atoms. The first-order valence-electron chi connectivity index (χ1n) is 6.71. The second-order valence-corrected chi connectivity index (χ2v) is 4.99. The summed E-state index contributed by atoms with van der Waals surface area (Å²) in [5.74, 6) is -2.69. The van der Waals surface area contributed by atoms with E-state index in [4.69, 9.17) is 19.7 Å². The van der Waals surface area contributed by atoms with Gasteiger partial charge in [0.1, 0.15) is 18.3 Å². The van der Waals surface area contributed by atoms with E-state index in [-0.39, 0.29) is 12.1 Å². The number of anilines is 1. The van der Waals surface area contributed by atoms with Crippen molar-refractivity contribution in [2.45, 2.75) is 24.1 Å².